The molecule has 0 bridgehead atoms. The zero-order valence-corrected chi connectivity index (χ0v) is 18.0. The average Bonchev–Trinajstić information content (AvgIpc) is 2.85. The molecular formula is C26H25N3O3. The first-order valence-corrected chi connectivity index (χ1v) is 10.5. The van der Waals surface area contributed by atoms with Gasteiger partial charge in [-0.2, -0.15) is 0 Å². The second-order valence-corrected chi connectivity index (χ2v) is 7.56. The summed E-state index contributed by atoms with van der Waals surface area (Å²) in [4.78, 5) is 23.3. The Hall–Kier alpha value is -4.06. The first-order chi connectivity index (χ1) is 15.5. The largest absolute Gasteiger partial charge is 0.497 e. The van der Waals surface area contributed by atoms with E-state index in [1.165, 1.54) is 5.56 Å². The van der Waals surface area contributed by atoms with Gasteiger partial charge in [0.15, 0.2) is 0 Å². The van der Waals surface area contributed by atoms with E-state index in [-0.39, 0.29) is 17.4 Å². The summed E-state index contributed by atoms with van der Waals surface area (Å²) in [5.74, 6) is 0.785. The van der Waals surface area contributed by atoms with Crippen LogP contribution in [0.2, 0.25) is 0 Å². The number of anilines is 4. The van der Waals surface area contributed by atoms with Gasteiger partial charge < -0.3 is 21.1 Å². The molecule has 1 unspecified atom stereocenters. The van der Waals surface area contributed by atoms with Crippen molar-refractivity contribution in [3.63, 3.8) is 0 Å². The molecule has 0 aromatic heterocycles. The normalized spacial score (nSPS) is 11.8. The third kappa shape index (κ3) is 4.07. The van der Waals surface area contributed by atoms with Crippen LogP contribution in [0.25, 0.3) is 0 Å². The van der Waals surface area contributed by atoms with Gasteiger partial charge in [-0.05, 0) is 53.4 Å². The molecule has 4 N–H and O–H groups in total. The third-order valence-corrected chi connectivity index (χ3v) is 5.58. The van der Waals surface area contributed by atoms with E-state index in [1.54, 1.807) is 7.11 Å². The van der Waals surface area contributed by atoms with Crippen LogP contribution in [-0.2, 0) is 6.42 Å². The Kier molecular flexibility index (Phi) is 5.94. The van der Waals surface area contributed by atoms with Crippen LogP contribution in [-0.4, -0.2) is 7.11 Å². The molecule has 32 heavy (non-hydrogen) atoms. The molecule has 162 valence electrons. The maximum atomic E-state index is 11.8. The Balaban J connectivity index is 1.72. The van der Waals surface area contributed by atoms with E-state index in [2.05, 4.69) is 29.7 Å². The number of nitrogens with two attached hydrogens (primary N) is 1. The minimum atomic E-state index is -0.641. The van der Waals surface area contributed by atoms with Crippen LogP contribution >= 0.6 is 0 Å². The van der Waals surface area contributed by atoms with Crippen molar-refractivity contribution < 1.29 is 4.74 Å². The van der Waals surface area contributed by atoms with E-state index in [4.69, 9.17) is 10.5 Å². The van der Waals surface area contributed by atoms with E-state index in [0.29, 0.717) is 5.69 Å². The molecule has 1 atom stereocenters. The molecular weight excluding hydrogens is 402 g/mol. The quantitative estimate of drug-likeness (QED) is 0.361. The number of aryl methyl sites for hydroxylation is 1. The predicted molar refractivity (Wildman–Crippen MR) is 130 cm³/mol. The SMILES string of the molecule is CCc1ccccc1NC(c1ccc(OC)cc1)c1cccc(Nc2c(N)c(=O)c2=O)c1. The second kappa shape index (κ2) is 8.98. The fourth-order valence-corrected chi connectivity index (χ4v) is 3.75. The fourth-order valence-electron chi connectivity index (χ4n) is 3.75. The minimum absolute atomic E-state index is 0.0258. The van der Waals surface area contributed by atoms with Gasteiger partial charge in [-0.3, -0.25) is 9.59 Å². The highest BCUT2D eigenvalue weighted by Crippen LogP contribution is 2.31. The van der Waals surface area contributed by atoms with Crippen LogP contribution in [0.5, 0.6) is 5.75 Å². The molecule has 4 aromatic carbocycles. The Labute approximate surface area is 186 Å². The summed E-state index contributed by atoms with van der Waals surface area (Å²) in [7, 11) is 1.64. The van der Waals surface area contributed by atoms with Gasteiger partial charge in [-0.25, -0.2) is 0 Å². The van der Waals surface area contributed by atoms with Gasteiger partial charge in [0.25, 0.3) is 10.9 Å². The summed E-state index contributed by atoms with van der Waals surface area (Å²) >= 11 is 0. The zero-order valence-electron chi connectivity index (χ0n) is 18.0. The maximum Gasteiger partial charge on any atom is 0.253 e. The highest BCUT2D eigenvalue weighted by Gasteiger charge is 2.20. The smallest absolute Gasteiger partial charge is 0.253 e. The lowest BCUT2D eigenvalue weighted by atomic mass is 9.96. The zero-order chi connectivity index (χ0) is 22.7. The van der Waals surface area contributed by atoms with Crippen molar-refractivity contribution in [3.8, 4) is 5.75 Å². The van der Waals surface area contributed by atoms with Gasteiger partial charge in [-0.15, -0.1) is 0 Å². The molecule has 0 saturated carbocycles. The molecule has 0 amide bonds. The predicted octanol–water partition coefficient (Wildman–Crippen LogP) is 4.38. The molecule has 4 aromatic rings. The first kappa shape index (κ1) is 21.2. The van der Waals surface area contributed by atoms with Crippen LogP contribution in [0.3, 0.4) is 0 Å². The van der Waals surface area contributed by atoms with Crippen molar-refractivity contribution in [2.75, 3.05) is 23.5 Å². The van der Waals surface area contributed by atoms with E-state index < -0.39 is 10.9 Å². The standard InChI is InChI=1S/C26H25N3O3/c1-3-16-7-4-5-10-21(16)29-23(17-11-13-20(32-2)14-12-17)18-8-6-9-19(15-18)28-24-22(27)25(30)26(24)31/h4-15,23,28-29H,3,27H2,1-2H3. The van der Waals surface area contributed by atoms with Crippen LogP contribution in [0, 0.1) is 0 Å². The average molecular weight is 428 g/mol. The lowest BCUT2D eigenvalue weighted by Gasteiger charge is -2.24. The number of benzene rings is 3. The number of para-hydroxylation sites is 1. The number of nitrogens with one attached hydrogen (secondary N) is 2. The second-order valence-electron chi connectivity index (χ2n) is 7.56. The van der Waals surface area contributed by atoms with E-state index in [9.17, 15) is 9.59 Å². The molecule has 0 fully saturated rings. The van der Waals surface area contributed by atoms with Gasteiger partial charge in [0.05, 0.1) is 13.2 Å². The Morgan fingerprint density at radius 3 is 2.34 bits per heavy atom. The van der Waals surface area contributed by atoms with Crippen molar-refractivity contribution in [1.82, 2.24) is 0 Å². The molecule has 0 saturated heterocycles. The number of hydrogen-bond acceptors (Lipinski definition) is 6. The molecule has 6 heteroatoms. The van der Waals surface area contributed by atoms with E-state index in [1.807, 2.05) is 60.7 Å². The topological polar surface area (TPSA) is 93.4 Å². The van der Waals surface area contributed by atoms with Gasteiger partial charge in [0.2, 0.25) is 0 Å². The first-order valence-electron chi connectivity index (χ1n) is 10.5. The lowest BCUT2D eigenvalue weighted by molar-refractivity contribution is 0.414. The number of rotatable bonds is 8. The van der Waals surface area contributed by atoms with Crippen molar-refractivity contribution >= 4 is 22.7 Å². The Morgan fingerprint density at radius 1 is 0.906 bits per heavy atom. The van der Waals surface area contributed by atoms with Crippen LogP contribution in [0.1, 0.15) is 29.7 Å². The number of nitrogen functional groups attached to an aromatic ring is 1. The van der Waals surface area contributed by atoms with Crippen LogP contribution in [0.4, 0.5) is 22.7 Å². The molecule has 0 spiro atoms. The minimum Gasteiger partial charge on any atom is -0.497 e. The van der Waals surface area contributed by atoms with Crippen LogP contribution < -0.4 is 32.0 Å². The monoisotopic (exact) mass is 427 g/mol. The van der Waals surface area contributed by atoms with Crippen molar-refractivity contribution in [1.29, 1.82) is 0 Å². The van der Waals surface area contributed by atoms with Gasteiger partial charge >= 0.3 is 0 Å². The summed E-state index contributed by atoms with van der Waals surface area (Å²) in [6.07, 6.45) is 0.906. The number of ether oxygens (including phenoxy) is 1. The molecule has 0 radical (unpaired) electrons. The fraction of sp³-hybridized carbons (Fsp3) is 0.154. The summed E-state index contributed by atoms with van der Waals surface area (Å²) in [5, 5.41) is 6.67. The Bertz CT molecular complexity index is 1310. The molecule has 0 aliphatic heterocycles. The summed E-state index contributed by atoms with van der Waals surface area (Å²) in [5.41, 5.74) is 9.58. The summed E-state index contributed by atoms with van der Waals surface area (Å²) < 4.78 is 5.31. The Morgan fingerprint density at radius 2 is 1.66 bits per heavy atom. The lowest BCUT2D eigenvalue weighted by Crippen LogP contribution is -2.36. The highest BCUT2D eigenvalue weighted by molar-refractivity contribution is 5.77. The summed E-state index contributed by atoms with van der Waals surface area (Å²) in [6, 6.07) is 23.7. The third-order valence-electron chi connectivity index (χ3n) is 5.58. The van der Waals surface area contributed by atoms with Gasteiger partial charge in [0, 0.05) is 11.4 Å². The van der Waals surface area contributed by atoms with Crippen molar-refractivity contribution in [2.45, 2.75) is 19.4 Å². The maximum absolute atomic E-state index is 11.8. The molecule has 4 rings (SSSR count). The molecule has 0 heterocycles. The highest BCUT2D eigenvalue weighted by atomic mass is 16.5. The molecule has 6 nitrogen and oxygen atoms in total. The summed E-state index contributed by atoms with van der Waals surface area (Å²) in [6.45, 7) is 2.13. The van der Waals surface area contributed by atoms with E-state index >= 15 is 0 Å². The van der Waals surface area contributed by atoms with Gasteiger partial charge in [0.1, 0.15) is 17.1 Å². The van der Waals surface area contributed by atoms with Crippen LogP contribution in [0.15, 0.2) is 82.4 Å². The van der Waals surface area contributed by atoms with E-state index in [0.717, 1.165) is 29.0 Å². The van der Waals surface area contributed by atoms with Crippen molar-refractivity contribution in [3.05, 3.63) is 110 Å². The number of methoxy groups -OCH3 is 1. The molecule has 0 aliphatic rings. The molecule has 0 aliphatic carbocycles. The number of hydrogen-bond donors (Lipinski definition) is 3. The van der Waals surface area contributed by atoms with Crippen molar-refractivity contribution in [2.24, 2.45) is 0 Å². The van der Waals surface area contributed by atoms with Gasteiger partial charge in [-0.1, -0.05) is 49.4 Å².